The van der Waals surface area contributed by atoms with Gasteiger partial charge >= 0.3 is 0 Å². The standard InChI is InChI=1S/C10H17N3O3S/c1-14-3-4-15-5-6-16-9-7-8(11)12-10(13-9)17-2/h7H,3-6H2,1-2H3,(H2,11,12,13). The van der Waals surface area contributed by atoms with E-state index < -0.39 is 0 Å². The number of thioether (sulfide) groups is 1. The van der Waals surface area contributed by atoms with E-state index in [1.807, 2.05) is 6.26 Å². The van der Waals surface area contributed by atoms with E-state index in [2.05, 4.69) is 9.97 Å². The smallest absolute Gasteiger partial charge is 0.219 e. The molecule has 1 aromatic heterocycles. The maximum absolute atomic E-state index is 5.61. The quantitative estimate of drug-likeness (QED) is 0.420. The lowest BCUT2D eigenvalue weighted by atomic mass is 10.6. The number of aromatic nitrogens is 2. The number of methoxy groups -OCH3 is 1. The minimum Gasteiger partial charge on any atom is -0.475 e. The maximum atomic E-state index is 5.61. The highest BCUT2D eigenvalue weighted by Crippen LogP contribution is 2.16. The van der Waals surface area contributed by atoms with Gasteiger partial charge in [0.2, 0.25) is 5.88 Å². The van der Waals surface area contributed by atoms with Crippen molar-refractivity contribution in [1.29, 1.82) is 0 Å². The van der Waals surface area contributed by atoms with Gasteiger partial charge in [0.25, 0.3) is 0 Å². The highest BCUT2D eigenvalue weighted by Gasteiger charge is 2.02. The van der Waals surface area contributed by atoms with Gasteiger partial charge in [-0.3, -0.25) is 0 Å². The Kier molecular flexibility index (Phi) is 6.68. The summed E-state index contributed by atoms with van der Waals surface area (Å²) in [5.41, 5.74) is 5.61. The average Bonchev–Trinajstić information content (AvgIpc) is 2.33. The predicted molar refractivity (Wildman–Crippen MR) is 66.4 cm³/mol. The zero-order valence-corrected chi connectivity index (χ0v) is 10.8. The van der Waals surface area contributed by atoms with Crippen LogP contribution in [0.25, 0.3) is 0 Å². The van der Waals surface area contributed by atoms with Gasteiger partial charge in [0.1, 0.15) is 12.4 Å². The lowest BCUT2D eigenvalue weighted by Crippen LogP contribution is -2.11. The van der Waals surface area contributed by atoms with Gasteiger partial charge in [0.05, 0.1) is 19.8 Å². The van der Waals surface area contributed by atoms with E-state index in [9.17, 15) is 0 Å². The number of hydrogen-bond donors (Lipinski definition) is 1. The number of rotatable bonds is 8. The van der Waals surface area contributed by atoms with Gasteiger partial charge in [0, 0.05) is 13.2 Å². The molecule has 6 nitrogen and oxygen atoms in total. The lowest BCUT2D eigenvalue weighted by Gasteiger charge is -2.07. The highest BCUT2D eigenvalue weighted by atomic mass is 32.2. The molecule has 0 amide bonds. The van der Waals surface area contributed by atoms with E-state index >= 15 is 0 Å². The molecule has 17 heavy (non-hydrogen) atoms. The second-order valence-corrected chi connectivity index (χ2v) is 3.84. The summed E-state index contributed by atoms with van der Waals surface area (Å²) < 4.78 is 15.5. The monoisotopic (exact) mass is 259 g/mol. The van der Waals surface area contributed by atoms with Gasteiger partial charge in [0.15, 0.2) is 5.16 Å². The Morgan fingerprint density at radius 2 is 2.00 bits per heavy atom. The fourth-order valence-electron chi connectivity index (χ4n) is 1.04. The van der Waals surface area contributed by atoms with Crippen LogP contribution in [0.5, 0.6) is 5.88 Å². The SMILES string of the molecule is COCCOCCOc1cc(N)nc(SC)n1. The molecule has 2 N–H and O–H groups in total. The van der Waals surface area contributed by atoms with Crippen LogP contribution in [-0.2, 0) is 9.47 Å². The van der Waals surface area contributed by atoms with Crippen molar-refractivity contribution >= 4 is 17.6 Å². The first-order chi connectivity index (χ1) is 8.26. The summed E-state index contributed by atoms with van der Waals surface area (Å²) in [6.07, 6.45) is 1.88. The molecular weight excluding hydrogens is 242 g/mol. The molecule has 0 atom stereocenters. The summed E-state index contributed by atoms with van der Waals surface area (Å²) in [6.45, 7) is 2.05. The molecule has 1 rings (SSSR count). The van der Waals surface area contributed by atoms with Crippen molar-refractivity contribution in [3.05, 3.63) is 6.07 Å². The average molecular weight is 259 g/mol. The molecule has 0 aliphatic carbocycles. The van der Waals surface area contributed by atoms with Crippen molar-refractivity contribution < 1.29 is 14.2 Å². The third kappa shape index (κ3) is 5.71. The van der Waals surface area contributed by atoms with E-state index in [1.165, 1.54) is 11.8 Å². The number of hydrogen-bond acceptors (Lipinski definition) is 7. The van der Waals surface area contributed by atoms with Crippen molar-refractivity contribution in [3.8, 4) is 5.88 Å². The summed E-state index contributed by atoms with van der Waals surface area (Å²) in [6, 6.07) is 1.59. The summed E-state index contributed by atoms with van der Waals surface area (Å²) in [5, 5.41) is 0.598. The van der Waals surface area contributed by atoms with E-state index in [0.717, 1.165) is 0 Å². The van der Waals surface area contributed by atoms with Crippen LogP contribution in [0.15, 0.2) is 11.2 Å². The van der Waals surface area contributed by atoms with Gasteiger partial charge in [-0.15, -0.1) is 0 Å². The molecule has 0 saturated carbocycles. The number of nitrogens with two attached hydrogens (primary N) is 1. The molecule has 0 radical (unpaired) electrons. The topological polar surface area (TPSA) is 79.5 Å². The van der Waals surface area contributed by atoms with Crippen LogP contribution in [0.1, 0.15) is 0 Å². The van der Waals surface area contributed by atoms with Crippen LogP contribution in [-0.4, -0.2) is 49.8 Å². The minimum absolute atomic E-state index is 0.402. The molecular formula is C10H17N3O3S. The Balaban J connectivity index is 2.28. The second-order valence-electron chi connectivity index (χ2n) is 3.07. The first kappa shape index (κ1) is 14.0. The molecule has 0 saturated heterocycles. The number of nitrogen functional groups attached to an aromatic ring is 1. The Bertz CT molecular complexity index is 339. The van der Waals surface area contributed by atoms with Gasteiger partial charge in [-0.1, -0.05) is 11.8 Å². The van der Waals surface area contributed by atoms with Gasteiger partial charge < -0.3 is 19.9 Å². The number of nitrogens with zero attached hydrogens (tertiary/aromatic N) is 2. The van der Waals surface area contributed by atoms with Crippen molar-refractivity contribution in [2.75, 3.05) is 45.5 Å². The zero-order chi connectivity index (χ0) is 12.5. The van der Waals surface area contributed by atoms with Gasteiger partial charge in [-0.2, -0.15) is 4.98 Å². The van der Waals surface area contributed by atoms with E-state index in [-0.39, 0.29) is 0 Å². The van der Waals surface area contributed by atoms with Crippen molar-refractivity contribution in [3.63, 3.8) is 0 Å². The highest BCUT2D eigenvalue weighted by molar-refractivity contribution is 7.98. The predicted octanol–water partition coefficient (Wildman–Crippen LogP) is 0.822. The van der Waals surface area contributed by atoms with E-state index in [1.54, 1.807) is 13.2 Å². The molecule has 96 valence electrons. The number of ether oxygens (including phenoxy) is 3. The summed E-state index contributed by atoms with van der Waals surface area (Å²) >= 11 is 1.42. The Labute approximate surface area is 105 Å². The Morgan fingerprint density at radius 3 is 2.71 bits per heavy atom. The third-order valence-corrected chi connectivity index (χ3v) is 2.34. The maximum Gasteiger partial charge on any atom is 0.219 e. The van der Waals surface area contributed by atoms with Gasteiger partial charge in [-0.05, 0) is 6.26 Å². The zero-order valence-electron chi connectivity index (χ0n) is 10.0. The van der Waals surface area contributed by atoms with Gasteiger partial charge in [-0.25, -0.2) is 4.98 Å². The molecule has 0 unspecified atom stereocenters. The summed E-state index contributed by atoms with van der Waals surface area (Å²) in [7, 11) is 1.63. The Morgan fingerprint density at radius 1 is 1.24 bits per heavy atom. The van der Waals surface area contributed by atoms with Crippen molar-refractivity contribution in [2.45, 2.75) is 5.16 Å². The summed E-state index contributed by atoms with van der Waals surface area (Å²) in [5.74, 6) is 0.872. The molecule has 0 aliphatic heterocycles. The lowest BCUT2D eigenvalue weighted by molar-refractivity contribution is 0.0535. The van der Waals surface area contributed by atoms with E-state index in [0.29, 0.717) is 43.3 Å². The van der Waals surface area contributed by atoms with Crippen LogP contribution >= 0.6 is 11.8 Å². The molecule has 0 aromatic carbocycles. The first-order valence-electron chi connectivity index (χ1n) is 5.14. The van der Waals surface area contributed by atoms with E-state index in [4.69, 9.17) is 19.9 Å². The van der Waals surface area contributed by atoms with Crippen molar-refractivity contribution in [1.82, 2.24) is 9.97 Å². The molecule has 1 heterocycles. The minimum atomic E-state index is 0.402. The third-order valence-electron chi connectivity index (χ3n) is 1.79. The molecule has 0 fully saturated rings. The number of anilines is 1. The molecule has 0 spiro atoms. The van der Waals surface area contributed by atoms with Crippen LogP contribution < -0.4 is 10.5 Å². The van der Waals surface area contributed by atoms with Crippen molar-refractivity contribution in [2.24, 2.45) is 0 Å². The normalized spacial score (nSPS) is 10.5. The second kappa shape index (κ2) is 8.10. The van der Waals surface area contributed by atoms with Crippen LogP contribution in [0, 0.1) is 0 Å². The molecule has 0 aliphatic rings. The molecule has 0 bridgehead atoms. The fourth-order valence-corrected chi connectivity index (χ4v) is 1.41. The largest absolute Gasteiger partial charge is 0.475 e. The Hall–Kier alpha value is -1.05. The fraction of sp³-hybridized carbons (Fsp3) is 0.600. The van der Waals surface area contributed by atoms with Crippen LogP contribution in [0.2, 0.25) is 0 Å². The molecule has 7 heteroatoms. The van der Waals surface area contributed by atoms with Crippen LogP contribution in [0.3, 0.4) is 0 Å². The first-order valence-corrected chi connectivity index (χ1v) is 6.36. The summed E-state index contributed by atoms with van der Waals surface area (Å²) in [4.78, 5) is 8.18. The van der Waals surface area contributed by atoms with Crippen LogP contribution in [0.4, 0.5) is 5.82 Å². The molecule has 1 aromatic rings.